The van der Waals surface area contributed by atoms with E-state index >= 15 is 0 Å². The first-order valence-electron chi connectivity index (χ1n) is 6.51. The summed E-state index contributed by atoms with van der Waals surface area (Å²) >= 11 is 1.28. The van der Waals surface area contributed by atoms with Crippen LogP contribution in [-0.4, -0.2) is 17.9 Å². The lowest BCUT2D eigenvalue weighted by atomic mass is 10.1. The fourth-order valence-electron chi connectivity index (χ4n) is 2.13. The molecule has 7 heteroatoms. The highest BCUT2D eigenvalue weighted by Gasteiger charge is 2.14. The minimum Gasteiger partial charge on any atom is -0.378 e. The van der Waals surface area contributed by atoms with Gasteiger partial charge in [-0.2, -0.15) is 0 Å². The number of carbonyl (C=O) groups excluding carboxylic acids is 1. The molecule has 0 aliphatic rings. The SMILES string of the molecule is CNc1sc(Nc2ccc3ccc(F)cc3c2)nc1C(N)=O. The van der Waals surface area contributed by atoms with E-state index in [4.69, 9.17) is 5.73 Å². The predicted octanol–water partition coefficient (Wildman–Crippen LogP) is 3.32. The largest absolute Gasteiger partial charge is 0.378 e. The molecule has 0 spiro atoms. The van der Waals surface area contributed by atoms with Crippen LogP contribution in [-0.2, 0) is 0 Å². The molecule has 0 saturated carbocycles. The average molecular weight is 316 g/mol. The van der Waals surface area contributed by atoms with Crippen molar-refractivity contribution in [3.05, 3.63) is 47.9 Å². The molecule has 3 aromatic rings. The van der Waals surface area contributed by atoms with E-state index in [0.717, 1.165) is 16.5 Å². The summed E-state index contributed by atoms with van der Waals surface area (Å²) in [6.45, 7) is 0. The van der Waals surface area contributed by atoms with Crippen LogP contribution in [0.4, 0.5) is 20.2 Å². The zero-order chi connectivity index (χ0) is 15.7. The first-order valence-corrected chi connectivity index (χ1v) is 7.33. The maximum absolute atomic E-state index is 13.3. The monoisotopic (exact) mass is 316 g/mol. The minimum atomic E-state index is -0.589. The summed E-state index contributed by atoms with van der Waals surface area (Å²) in [5, 5.41) is 8.85. The number of nitrogens with one attached hydrogen (secondary N) is 2. The maximum atomic E-state index is 13.3. The van der Waals surface area contributed by atoms with Crippen LogP contribution in [0.25, 0.3) is 10.8 Å². The number of primary amides is 1. The normalized spacial score (nSPS) is 10.6. The zero-order valence-electron chi connectivity index (χ0n) is 11.7. The summed E-state index contributed by atoms with van der Waals surface area (Å²) in [6, 6.07) is 10.2. The summed E-state index contributed by atoms with van der Waals surface area (Å²) < 4.78 is 13.3. The van der Waals surface area contributed by atoms with Gasteiger partial charge in [0.25, 0.3) is 5.91 Å². The van der Waals surface area contributed by atoms with Gasteiger partial charge in [-0.05, 0) is 35.0 Å². The fourth-order valence-corrected chi connectivity index (χ4v) is 2.97. The van der Waals surface area contributed by atoms with Gasteiger partial charge < -0.3 is 16.4 Å². The second-order valence-electron chi connectivity index (χ2n) is 4.64. The number of nitrogens with two attached hydrogens (primary N) is 1. The first kappa shape index (κ1) is 14.3. The van der Waals surface area contributed by atoms with Crippen molar-refractivity contribution in [2.45, 2.75) is 0 Å². The second-order valence-corrected chi connectivity index (χ2v) is 5.64. The molecule has 3 rings (SSSR count). The van der Waals surface area contributed by atoms with Crippen LogP contribution in [0.15, 0.2) is 36.4 Å². The van der Waals surface area contributed by atoms with E-state index in [1.165, 1.54) is 23.5 Å². The molecular formula is C15H13FN4OS. The molecule has 112 valence electrons. The van der Waals surface area contributed by atoms with Crippen LogP contribution in [0, 0.1) is 5.82 Å². The van der Waals surface area contributed by atoms with Gasteiger partial charge in [-0.1, -0.05) is 23.5 Å². The Bertz CT molecular complexity index is 862. The van der Waals surface area contributed by atoms with Crippen molar-refractivity contribution in [3.63, 3.8) is 0 Å². The first-order chi connectivity index (χ1) is 10.6. The Morgan fingerprint density at radius 2 is 2.00 bits per heavy atom. The Morgan fingerprint density at radius 3 is 2.68 bits per heavy atom. The van der Waals surface area contributed by atoms with E-state index in [-0.39, 0.29) is 11.5 Å². The zero-order valence-corrected chi connectivity index (χ0v) is 12.5. The minimum absolute atomic E-state index is 0.196. The number of fused-ring (bicyclic) bond motifs is 1. The number of amides is 1. The van der Waals surface area contributed by atoms with E-state index in [0.29, 0.717) is 10.1 Å². The molecule has 0 atom stereocenters. The Kier molecular flexibility index (Phi) is 3.64. The third kappa shape index (κ3) is 2.71. The summed E-state index contributed by atoms with van der Waals surface area (Å²) in [7, 11) is 1.70. The maximum Gasteiger partial charge on any atom is 0.270 e. The molecule has 0 saturated heterocycles. The lowest BCUT2D eigenvalue weighted by Gasteiger charge is -2.04. The van der Waals surface area contributed by atoms with Gasteiger partial charge in [0.1, 0.15) is 10.8 Å². The lowest BCUT2D eigenvalue weighted by Crippen LogP contribution is -2.13. The molecule has 1 heterocycles. The van der Waals surface area contributed by atoms with E-state index in [1.807, 2.05) is 18.2 Å². The number of hydrogen-bond donors (Lipinski definition) is 3. The average Bonchev–Trinajstić information content (AvgIpc) is 2.90. The molecule has 1 amide bonds. The van der Waals surface area contributed by atoms with Crippen molar-refractivity contribution < 1.29 is 9.18 Å². The highest BCUT2D eigenvalue weighted by atomic mass is 32.1. The summed E-state index contributed by atoms with van der Waals surface area (Å²) in [5.74, 6) is -0.874. The number of thiazole rings is 1. The van der Waals surface area contributed by atoms with Gasteiger partial charge in [-0.15, -0.1) is 0 Å². The van der Waals surface area contributed by atoms with Crippen molar-refractivity contribution in [2.75, 3.05) is 17.7 Å². The summed E-state index contributed by atoms with van der Waals surface area (Å²) in [6.07, 6.45) is 0. The molecule has 1 aromatic heterocycles. The molecule has 0 aliphatic carbocycles. The van der Waals surface area contributed by atoms with E-state index < -0.39 is 5.91 Å². The highest BCUT2D eigenvalue weighted by Crippen LogP contribution is 2.31. The number of rotatable bonds is 4. The van der Waals surface area contributed by atoms with Crippen molar-refractivity contribution >= 4 is 43.8 Å². The molecule has 0 bridgehead atoms. The van der Waals surface area contributed by atoms with Gasteiger partial charge >= 0.3 is 0 Å². The van der Waals surface area contributed by atoms with Crippen molar-refractivity contribution in [3.8, 4) is 0 Å². The number of anilines is 3. The Labute approximate surface area is 130 Å². The standard InChI is InChI=1S/C15H13FN4OS/c1-18-14-12(13(17)21)20-15(22-14)19-11-5-3-8-2-4-10(16)6-9(8)7-11/h2-7,18H,1H3,(H2,17,21)(H,19,20). The van der Waals surface area contributed by atoms with Gasteiger partial charge in [0.15, 0.2) is 10.8 Å². The molecule has 0 fully saturated rings. The number of nitrogens with zero attached hydrogens (tertiary/aromatic N) is 1. The van der Waals surface area contributed by atoms with Crippen molar-refractivity contribution in [2.24, 2.45) is 5.73 Å². The van der Waals surface area contributed by atoms with Crippen LogP contribution >= 0.6 is 11.3 Å². The summed E-state index contributed by atoms with van der Waals surface area (Å²) in [4.78, 5) is 15.5. The van der Waals surface area contributed by atoms with Crippen LogP contribution in [0.5, 0.6) is 0 Å². The Hall–Kier alpha value is -2.67. The van der Waals surface area contributed by atoms with Gasteiger partial charge in [0, 0.05) is 12.7 Å². The Balaban J connectivity index is 1.94. The number of aromatic nitrogens is 1. The van der Waals surface area contributed by atoms with Gasteiger partial charge in [-0.25, -0.2) is 9.37 Å². The van der Waals surface area contributed by atoms with Crippen LogP contribution < -0.4 is 16.4 Å². The van der Waals surface area contributed by atoms with Gasteiger partial charge in [0.2, 0.25) is 0 Å². The Morgan fingerprint density at radius 1 is 1.23 bits per heavy atom. The van der Waals surface area contributed by atoms with Gasteiger partial charge in [0.05, 0.1) is 0 Å². The smallest absolute Gasteiger partial charge is 0.270 e. The third-order valence-electron chi connectivity index (χ3n) is 3.14. The molecule has 4 N–H and O–H groups in total. The number of benzene rings is 2. The molecule has 2 aromatic carbocycles. The lowest BCUT2D eigenvalue weighted by molar-refractivity contribution is 0.0997. The second kappa shape index (κ2) is 5.61. The van der Waals surface area contributed by atoms with Crippen molar-refractivity contribution in [1.29, 1.82) is 0 Å². The molecule has 0 radical (unpaired) electrons. The van der Waals surface area contributed by atoms with E-state index in [1.54, 1.807) is 13.1 Å². The summed E-state index contributed by atoms with van der Waals surface area (Å²) in [5.41, 5.74) is 6.23. The fraction of sp³-hybridized carbons (Fsp3) is 0.0667. The number of carbonyl (C=O) groups is 1. The number of hydrogen-bond acceptors (Lipinski definition) is 5. The van der Waals surface area contributed by atoms with Crippen LogP contribution in [0.1, 0.15) is 10.5 Å². The van der Waals surface area contributed by atoms with Crippen LogP contribution in [0.2, 0.25) is 0 Å². The third-order valence-corrected chi connectivity index (χ3v) is 4.13. The molecule has 5 nitrogen and oxygen atoms in total. The topological polar surface area (TPSA) is 80.0 Å². The highest BCUT2D eigenvalue weighted by molar-refractivity contribution is 7.19. The van der Waals surface area contributed by atoms with Crippen molar-refractivity contribution in [1.82, 2.24) is 4.98 Å². The molecular weight excluding hydrogens is 303 g/mol. The number of halogens is 1. The predicted molar refractivity (Wildman–Crippen MR) is 87.4 cm³/mol. The molecule has 0 unspecified atom stereocenters. The molecule has 0 aliphatic heterocycles. The quantitative estimate of drug-likeness (QED) is 0.690. The van der Waals surface area contributed by atoms with Crippen LogP contribution in [0.3, 0.4) is 0 Å². The van der Waals surface area contributed by atoms with E-state index in [2.05, 4.69) is 15.6 Å². The van der Waals surface area contributed by atoms with Gasteiger partial charge in [-0.3, -0.25) is 4.79 Å². The van der Waals surface area contributed by atoms with E-state index in [9.17, 15) is 9.18 Å². The molecule has 22 heavy (non-hydrogen) atoms.